The number of carbonyl (C=O) groups is 3. The first-order valence-corrected chi connectivity index (χ1v) is 23.6. The van der Waals surface area contributed by atoms with E-state index in [1.165, 1.54) is 135 Å². The smallest absolute Gasteiger partial charge is 0.306 e. The van der Waals surface area contributed by atoms with Crippen molar-refractivity contribution in [1.82, 2.24) is 0 Å². The van der Waals surface area contributed by atoms with Crippen molar-refractivity contribution in [2.24, 2.45) is 17.8 Å². The predicted molar refractivity (Wildman–Crippen MR) is 229 cm³/mol. The van der Waals surface area contributed by atoms with Crippen LogP contribution < -0.4 is 0 Å². The molecule has 6 heteroatoms. The first kappa shape index (κ1) is 52.4. The van der Waals surface area contributed by atoms with E-state index in [0.717, 1.165) is 75.5 Å². The second kappa shape index (κ2) is 39.6. The van der Waals surface area contributed by atoms with Crippen LogP contribution in [-0.2, 0) is 28.6 Å². The summed E-state index contributed by atoms with van der Waals surface area (Å²) >= 11 is 0. The molecule has 1 atom stereocenters. The summed E-state index contributed by atoms with van der Waals surface area (Å²) in [7, 11) is 0. The lowest BCUT2D eigenvalue weighted by Gasteiger charge is -2.18. The van der Waals surface area contributed by atoms with Gasteiger partial charge in [-0.3, -0.25) is 14.4 Å². The third-order valence-corrected chi connectivity index (χ3v) is 10.6. The lowest BCUT2D eigenvalue weighted by Crippen LogP contribution is -2.30. The molecule has 0 aromatic heterocycles. The maximum atomic E-state index is 12.7. The number of hydrogen-bond donors (Lipinski definition) is 0. The van der Waals surface area contributed by atoms with Crippen LogP contribution >= 0.6 is 0 Å². The highest BCUT2D eigenvalue weighted by atomic mass is 16.6. The Morgan fingerprint density at radius 3 is 0.796 bits per heavy atom. The molecule has 0 heterocycles. The Bertz CT molecular complexity index is 837. The summed E-state index contributed by atoms with van der Waals surface area (Å²) in [6, 6.07) is 0. The molecule has 320 valence electrons. The van der Waals surface area contributed by atoms with Crippen LogP contribution in [0, 0.1) is 17.8 Å². The largest absolute Gasteiger partial charge is 0.462 e. The molecule has 0 spiro atoms. The van der Waals surface area contributed by atoms with E-state index in [2.05, 4.69) is 41.5 Å². The van der Waals surface area contributed by atoms with Gasteiger partial charge in [-0.1, -0.05) is 215 Å². The van der Waals surface area contributed by atoms with Gasteiger partial charge in [-0.25, -0.2) is 0 Å². The van der Waals surface area contributed by atoms with Crippen LogP contribution in [0.1, 0.15) is 253 Å². The zero-order valence-corrected chi connectivity index (χ0v) is 37.0. The van der Waals surface area contributed by atoms with Crippen LogP contribution in [0.2, 0.25) is 0 Å². The molecule has 0 saturated carbocycles. The minimum absolute atomic E-state index is 0.0661. The lowest BCUT2D eigenvalue weighted by molar-refractivity contribution is -0.167. The number of hydrogen-bond acceptors (Lipinski definition) is 6. The Balaban J connectivity index is 4.34. The highest BCUT2D eigenvalue weighted by Crippen LogP contribution is 2.17. The summed E-state index contributed by atoms with van der Waals surface area (Å²) in [5.74, 6) is 1.56. The number of carbonyl (C=O) groups excluding carboxylic acids is 3. The summed E-state index contributed by atoms with van der Waals surface area (Å²) < 4.78 is 16.7. The summed E-state index contributed by atoms with van der Waals surface area (Å²) in [6.45, 7) is 13.6. The first-order chi connectivity index (χ1) is 26.1. The Labute approximate surface area is 336 Å². The normalized spacial score (nSPS) is 12.2. The van der Waals surface area contributed by atoms with E-state index in [1.807, 2.05) is 0 Å². The molecule has 0 saturated heterocycles. The molecule has 0 amide bonds. The fourth-order valence-electron chi connectivity index (χ4n) is 7.06. The fraction of sp³-hybridized carbons (Fsp3) is 0.938. The molecule has 0 radical (unpaired) electrons. The lowest BCUT2D eigenvalue weighted by atomic mass is 10.0. The van der Waals surface area contributed by atoms with Crippen molar-refractivity contribution in [1.29, 1.82) is 0 Å². The van der Waals surface area contributed by atoms with Gasteiger partial charge in [0.15, 0.2) is 6.10 Å². The molecule has 0 N–H and O–H groups in total. The molecular weight excluding hydrogens is 673 g/mol. The van der Waals surface area contributed by atoms with Crippen LogP contribution in [0.15, 0.2) is 0 Å². The SMILES string of the molecule is CC(C)CCCCCCCCCCCCC(=O)OC[C@@H](COC(=O)CCCCCCCCCCC(C)C)OC(=O)CCCCCCCCCCCC(C)C. The monoisotopic (exact) mass is 765 g/mol. The standard InChI is InChI=1S/C48H92O6/c1-42(2)34-28-22-16-10-7-8-12-19-25-31-37-46(49)52-40-45(41-53-47(50)38-32-26-20-15-14-18-24-30-36-44(5)6)54-48(51)39-33-27-21-13-9-11-17-23-29-35-43(3)4/h42-45H,7-41H2,1-6H3/t45-/m0/s1. The number of rotatable bonds is 41. The average molecular weight is 765 g/mol. The zero-order chi connectivity index (χ0) is 39.9. The Kier molecular flexibility index (Phi) is 38.5. The molecule has 0 fully saturated rings. The minimum Gasteiger partial charge on any atom is -0.462 e. The van der Waals surface area contributed by atoms with Crippen molar-refractivity contribution in [2.45, 2.75) is 260 Å². The van der Waals surface area contributed by atoms with Crippen LogP contribution in [-0.4, -0.2) is 37.2 Å². The number of unbranched alkanes of at least 4 members (excludes halogenated alkanes) is 24. The second-order valence-corrected chi connectivity index (χ2v) is 17.8. The van der Waals surface area contributed by atoms with Gasteiger partial charge in [0.25, 0.3) is 0 Å². The van der Waals surface area contributed by atoms with Gasteiger partial charge in [0.2, 0.25) is 0 Å². The van der Waals surface area contributed by atoms with Crippen LogP contribution in [0.5, 0.6) is 0 Å². The van der Waals surface area contributed by atoms with Crippen molar-refractivity contribution in [3.63, 3.8) is 0 Å². The Hall–Kier alpha value is -1.59. The number of esters is 3. The molecule has 0 rings (SSSR count). The van der Waals surface area contributed by atoms with E-state index in [4.69, 9.17) is 14.2 Å². The number of ether oxygens (including phenoxy) is 3. The molecule has 6 nitrogen and oxygen atoms in total. The third-order valence-electron chi connectivity index (χ3n) is 10.6. The van der Waals surface area contributed by atoms with E-state index in [1.54, 1.807) is 0 Å². The maximum Gasteiger partial charge on any atom is 0.306 e. The third kappa shape index (κ3) is 41.6. The van der Waals surface area contributed by atoms with E-state index >= 15 is 0 Å². The molecule has 0 unspecified atom stereocenters. The van der Waals surface area contributed by atoms with Gasteiger partial charge in [-0.15, -0.1) is 0 Å². The predicted octanol–water partition coefficient (Wildman–Crippen LogP) is 14.8. The average Bonchev–Trinajstić information content (AvgIpc) is 3.12. The first-order valence-electron chi connectivity index (χ1n) is 23.6. The van der Waals surface area contributed by atoms with E-state index in [0.29, 0.717) is 19.3 Å². The van der Waals surface area contributed by atoms with E-state index in [-0.39, 0.29) is 31.1 Å². The quantitative estimate of drug-likeness (QED) is 0.0350. The van der Waals surface area contributed by atoms with Crippen molar-refractivity contribution in [3.05, 3.63) is 0 Å². The van der Waals surface area contributed by atoms with Crippen LogP contribution in [0.3, 0.4) is 0 Å². The van der Waals surface area contributed by atoms with Gasteiger partial charge in [0, 0.05) is 19.3 Å². The van der Waals surface area contributed by atoms with Crippen molar-refractivity contribution in [3.8, 4) is 0 Å². The van der Waals surface area contributed by atoms with E-state index < -0.39 is 6.10 Å². The topological polar surface area (TPSA) is 78.9 Å². The van der Waals surface area contributed by atoms with Gasteiger partial charge in [-0.05, 0) is 37.0 Å². The zero-order valence-electron chi connectivity index (χ0n) is 37.0. The summed E-state index contributed by atoms with van der Waals surface area (Å²) in [5, 5.41) is 0. The maximum absolute atomic E-state index is 12.7. The molecule has 0 bridgehead atoms. The molecule has 0 aromatic carbocycles. The van der Waals surface area contributed by atoms with Crippen LogP contribution in [0.4, 0.5) is 0 Å². The minimum atomic E-state index is -0.762. The summed E-state index contributed by atoms with van der Waals surface area (Å²) in [6.07, 6.45) is 36.7. The van der Waals surface area contributed by atoms with Gasteiger partial charge >= 0.3 is 17.9 Å². The van der Waals surface area contributed by atoms with Crippen molar-refractivity contribution in [2.75, 3.05) is 13.2 Å². The van der Waals surface area contributed by atoms with Crippen LogP contribution in [0.25, 0.3) is 0 Å². The highest BCUT2D eigenvalue weighted by molar-refractivity contribution is 5.71. The molecule has 0 aromatic rings. The van der Waals surface area contributed by atoms with Gasteiger partial charge in [-0.2, -0.15) is 0 Å². The molecule has 54 heavy (non-hydrogen) atoms. The van der Waals surface area contributed by atoms with Gasteiger partial charge < -0.3 is 14.2 Å². The van der Waals surface area contributed by atoms with Crippen molar-refractivity contribution < 1.29 is 28.6 Å². The summed E-state index contributed by atoms with van der Waals surface area (Å²) in [4.78, 5) is 37.8. The molecule has 0 aliphatic carbocycles. The van der Waals surface area contributed by atoms with E-state index in [9.17, 15) is 14.4 Å². The van der Waals surface area contributed by atoms with Crippen molar-refractivity contribution >= 4 is 17.9 Å². The summed E-state index contributed by atoms with van der Waals surface area (Å²) in [5.41, 5.74) is 0. The Morgan fingerprint density at radius 2 is 0.537 bits per heavy atom. The Morgan fingerprint density at radius 1 is 0.315 bits per heavy atom. The van der Waals surface area contributed by atoms with Gasteiger partial charge in [0.05, 0.1) is 0 Å². The van der Waals surface area contributed by atoms with Gasteiger partial charge in [0.1, 0.15) is 13.2 Å². The molecule has 0 aliphatic heterocycles. The molecule has 0 aliphatic rings. The second-order valence-electron chi connectivity index (χ2n) is 17.8. The molecular formula is C48H92O6. The fourth-order valence-corrected chi connectivity index (χ4v) is 7.06. The highest BCUT2D eigenvalue weighted by Gasteiger charge is 2.19.